The number of fused-ring (bicyclic) bond motifs is 2. The third-order valence-corrected chi connectivity index (χ3v) is 6.56. The van der Waals surface area contributed by atoms with Crippen molar-refractivity contribution < 1.29 is 9.32 Å². The molecule has 3 heterocycles. The molecule has 0 saturated heterocycles. The fourth-order valence-corrected chi connectivity index (χ4v) is 5.29. The zero-order valence-electron chi connectivity index (χ0n) is 15.7. The normalized spacial score (nSPS) is 17.5. The minimum atomic E-state index is -0.0931. The Hall–Kier alpha value is -2.70. The van der Waals surface area contributed by atoms with Gasteiger partial charge in [0, 0.05) is 22.9 Å². The molecule has 1 aliphatic carbocycles. The number of thiophene rings is 1. The van der Waals surface area contributed by atoms with Gasteiger partial charge in [0.2, 0.25) is 0 Å². The molecule has 1 unspecified atom stereocenters. The highest BCUT2D eigenvalue weighted by molar-refractivity contribution is 7.17. The maximum absolute atomic E-state index is 12.8. The molecule has 1 aromatic carbocycles. The fraction of sp³-hybridized carbons (Fsp3) is 0.273. The molecule has 5 nitrogen and oxygen atoms in total. The summed E-state index contributed by atoms with van der Waals surface area (Å²) in [5, 5.41) is 2.56. The molecule has 5 rings (SSSR count). The first-order valence-corrected chi connectivity index (χ1v) is 10.5. The summed E-state index contributed by atoms with van der Waals surface area (Å²) in [6.45, 7) is 0.693. The molecule has 6 heteroatoms. The Kier molecular flexibility index (Phi) is 4.37. The van der Waals surface area contributed by atoms with Crippen LogP contribution < -0.4 is 10.5 Å². The Bertz CT molecular complexity index is 1180. The zero-order valence-corrected chi connectivity index (χ0v) is 16.5. The predicted octanol–water partition coefficient (Wildman–Crippen LogP) is 3.34. The molecular formula is C22H22N3O2S+. The summed E-state index contributed by atoms with van der Waals surface area (Å²) in [6.07, 6.45) is 5.15. The first kappa shape index (κ1) is 17.4. The van der Waals surface area contributed by atoms with Gasteiger partial charge >= 0.3 is 0 Å². The van der Waals surface area contributed by atoms with Gasteiger partial charge in [-0.15, -0.1) is 11.3 Å². The van der Waals surface area contributed by atoms with Gasteiger partial charge < -0.3 is 14.3 Å². The maximum Gasteiger partial charge on any atom is 0.260 e. The van der Waals surface area contributed by atoms with Gasteiger partial charge in [0.15, 0.2) is 5.82 Å². The average Bonchev–Trinajstić information content (AvgIpc) is 3.37. The molecule has 0 amide bonds. The number of nitrogens with zero attached hydrogens (tertiary/aromatic N) is 1. The molecule has 3 aromatic heterocycles. The van der Waals surface area contributed by atoms with Gasteiger partial charge in [-0.3, -0.25) is 4.79 Å². The van der Waals surface area contributed by atoms with Crippen molar-refractivity contribution >= 4 is 21.6 Å². The van der Waals surface area contributed by atoms with E-state index >= 15 is 0 Å². The summed E-state index contributed by atoms with van der Waals surface area (Å²) in [6, 6.07) is 12.9. The molecule has 0 fully saturated rings. The molecule has 142 valence electrons. The van der Waals surface area contributed by atoms with Gasteiger partial charge in [-0.05, 0) is 30.5 Å². The Balaban J connectivity index is 1.46. The molecule has 2 atom stereocenters. The molecular weight excluding hydrogens is 370 g/mol. The van der Waals surface area contributed by atoms with Crippen LogP contribution in [0.1, 0.15) is 35.8 Å². The highest BCUT2D eigenvalue weighted by Gasteiger charge is 2.27. The van der Waals surface area contributed by atoms with Crippen molar-refractivity contribution in [1.82, 2.24) is 9.97 Å². The predicted molar refractivity (Wildman–Crippen MR) is 111 cm³/mol. The summed E-state index contributed by atoms with van der Waals surface area (Å²) in [5.74, 6) is 1.44. The van der Waals surface area contributed by atoms with Crippen LogP contribution in [-0.4, -0.2) is 17.0 Å². The van der Waals surface area contributed by atoms with Crippen molar-refractivity contribution in [2.75, 3.05) is 7.05 Å². The van der Waals surface area contributed by atoms with Crippen molar-refractivity contribution in [3.05, 3.63) is 75.3 Å². The van der Waals surface area contributed by atoms with Crippen LogP contribution in [0.5, 0.6) is 0 Å². The Morgan fingerprint density at radius 2 is 2.18 bits per heavy atom. The quantitative estimate of drug-likeness (QED) is 0.560. The molecule has 0 saturated carbocycles. The van der Waals surface area contributed by atoms with Crippen LogP contribution in [0.2, 0.25) is 0 Å². The van der Waals surface area contributed by atoms with Gasteiger partial charge in [0.05, 0.1) is 18.7 Å². The average molecular weight is 393 g/mol. The van der Waals surface area contributed by atoms with Gasteiger partial charge in [-0.2, -0.15) is 0 Å². The number of benzene rings is 1. The monoisotopic (exact) mass is 392 g/mol. The largest absolute Gasteiger partial charge is 0.464 e. The van der Waals surface area contributed by atoms with E-state index in [1.165, 1.54) is 33.8 Å². The van der Waals surface area contributed by atoms with Gasteiger partial charge in [-0.1, -0.05) is 24.3 Å². The lowest BCUT2D eigenvalue weighted by molar-refractivity contribution is -0.927. The molecule has 28 heavy (non-hydrogen) atoms. The number of quaternary nitrogens is 1. The van der Waals surface area contributed by atoms with Crippen LogP contribution in [0.4, 0.5) is 0 Å². The Morgan fingerprint density at radius 3 is 3.04 bits per heavy atom. The number of furan rings is 1. The fourth-order valence-electron chi connectivity index (χ4n) is 4.34. The van der Waals surface area contributed by atoms with Crippen molar-refractivity contribution in [3.63, 3.8) is 0 Å². The summed E-state index contributed by atoms with van der Waals surface area (Å²) >= 11 is 1.49. The van der Waals surface area contributed by atoms with E-state index in [2.05, 4.69) is 36.3 Å². The van der Waals surface area contributed by atoms with Crippen LogP contribution in [0, 0.1) is 0 Å². The van der Waals surface area contributed by atoms with Crippen molar-refractivity contribution in [2.45, 2.75) is 31.8 Å². The number of aromatic nitrogens is 2. The third kappa shape index (κ3) is 2.99. The van der Waals surface area contributed by atoms with Crippen LogP contribution in [0.25, 0.3) is 21.5 Å². The number of H-pyrrole nitrogens is 1. The Morgan fingerprint density at radius 1 is 1.29 bits per heavy atom. The number of aryl methyl sites for hydroxylation is 1. The van der Waals surface area contributed by atoms with E-state index in [0.717, 1.165) is 29.1 Å². The number of hydrogen-bond donors (Lipinski definition) is 2. The summed E-state index contributed by atoms with van der Waals surface area (Å²) in [5.41, 5.74) is 3.61. The van der Waals surface area contributed by atoms with Crippen molar-refractivity contribution in [1.29, 1.82) is 0 Å². The van der Waals surface area contributed by atoms with Crippen molar-refractivity contribution in [3.8, 4) is 11.3 Å². The molecule has 1 aliphatic rings. The lowest BCUT2D eigenvalue weighted by atomic mass is 9.87. The molecule has 0 bridgehead atoms. The number of aromatic amines is 1. The second-order valence-electron chi connectivity index (χ2n) is 7.49. The highest BCUT2D eigenvalue weighted by atomic mass is 32.1. The lowest BCUT2D eigenvalue weighted by Crippen LogP contribution is -3.08. The Labute approximate surface area is 166 Å². The number of nitrogens with one attached hydrogen (secondary N) is 2. The van der Waals surface area contributed by atoms with E-state index in [-0.39, 0.29) is 5.56 Å². The van der Waals surface area contributed by atoms with Gasteiger partial charge in [-0.25, -0.2) is 4.98 Å². The number of hydrogen-bond acceptors (Lipinski definition) is 4. The molecule has 0 radical (unpaired) electrons. The lowest BCUT2D eigenvalue weighted by Gasteiger charge is -2.30. The van der Waals surface area contributed by atoms with E-state index in [0.29, 0.717) is 23.7 Å². The van der Waals surface area contributed by atoms with Gasteiger partial charge in [0.1, 0.15) is 23.2 Å². The standard InChI is InChI=1S/C22H21N3O2S/c1-25(17-9-4-7-14-6-2-3-8-15(14)17)12-19-23-21(26)20-16(13-28-22(20)24-19)18-10-5-11-27-18/h2-3,5-6,8,10-11,13,17H,4,7,9,12H2,1H3,(H,23,24,26)/p+1/t17-/m1/s1. The van der Waals surface area contributed by atoms with Crippen LogP contribution in [0.3, 0.4) is 0 Å². The molecule has 4 aromatic rings. The number of rotatable bonds is 4. The van der Waals surface area contributed by atoms with E-state index in [9.17, 15) is 4.79 Å². The maximum atomic E-state index is 12.8. The topological polar surface area (TPSA) is 63.3 Å². The first-order valence-electron chi connectivity index (χ1n) is 9.65. The molecule has 2 N–H and O–H groups in total. The minimum absolute atomic E-state index is 0.0931. The van der Waals surface area contributed by atoms with E-state index in [1.54, 1.807) is 6.26 Å². The van der Waals surface area contributed by atoms with Crippen LogP contribution in [0.15, 0.2) is 57.3 Å². The SMILES string of the molecule is C[NH+](Cc1nc2scc(-c3ccco3)c2c(=O)[nH]1)[C@@H]1CCCc2ccccc21. The third-order valence-electron chi connectivity index (χ3n) is 5.69. The summed E-state index contributed by atoms with van der Waals surface area (Å²) < 4.78 is 5.47. The zero-order chi connectivity index (χ0) is 19.1. The van der Waals surface area contributed by atoms with E-state index in [1.807, 2.05) is 17.5 Å². The second-order valence-corrected chi connectivity index (χ2v) is 8.34. The highest BCUT2D eigenvalue weighted by Crippen LogP contribution is 2.31. The van der Waals surface area contributed by atoms with Crippen LogP contribution >= 0.6 is 11.3 Å². The van der Waals surface area contributed by atoms with Gasteiger partial charge in [0.25, 0.3) is 5.56 Å². The minimum Gasteiger partial charge on any atom is -0.464 e. The molecule has 0 spiro atoms. The summed E-state index contributed by atoms with van der Waals surface area (Å²) in [4.78, 5) is 22.7. The van der Waals surface area contributed by atoms with Crippen molar-refractivity contribution in [2.24, 2.45) is 0 Å². The smallest absolute Gasteiger partial charge is 0.260 e. The second kappa shape index (κ2) is 7.04. The molecule has 0 aliphatic heterocycles. The van der Waals surface area contributed by atoms with Crippen LogP contribution in [-0.2, 0) is 13.0 Å². The van der Waals surface area contributed by atoms with E-state index in [4.69, 9.17) is 9.40 Å². The first-order chi connectivity index (χ1) is 13.7. The summed E-state index contributed by atoms with van der Waals surface area (Å²) in [7, 11) is 2.19. The van der Waals surface area contributed by atoms with E-state index < -0.39 is 0 Å².